The molecule has 0 spiro atoms. The summed E-state index contributed by atoms with van der Waals surface area (Å²) in [7, 11) is 1.95. The topological polar surface area (TPSA) is 83.7 Å². The summed E-state index contributed by atoms with van der Waals surface area (Å²) in [5.74, 6) is 2.14. The number of nitro benzene ring substituents is 1. The van der Waals surface area contributed by atoms with Crippen LogP contribution in [0.5, 0.6) is 0 Å². The van der Waals surface area contributed by atoms with E-state index in [9.17, 15) is 20.0 Å². The average molecular weight is 437 g/mol. The van der Waals surface area contributed by atoms with Crippen LogP contribution in [-0.2, 0) is 4.79 Å². The number of aliphatic hydroxyl groups excluding tert-OH is 1. The van der Waals surface area contributed by atoms with Crippen molar-refractivity contribution in [1.29, 1.82) is 0 Å². The zero-order valence-electron chi connectivity index (χ0n) is 19.0. The maximum Gasteiger partial charge on any atom is 0.269 e. The maximum atomic E-state index is 12.9. The molecule has 6 nitrogen and oxygen atoms in total. The van der Waals surface area contributed by atoms with Crippen LogP contribution in [0, 0.1) is 44.6 Å². The van der Waals surface area contributed by atoms with E-state index < -0.39 is 0 Å². The number of carbonyl (C=O) groups excluding carboxylic acids is 1. The molecule has 1 N–H and O–H groups in total. The van der Waals surface area contributed by atoms with Crippen LogP contribution < -0.4 is 0 Å². The van der Waals surface area contributed by atoms with Gasteiger partial charge in [0.25, 0.3) is 5.69 Å². The van der Waals surface area contributed by atoms with Crippen LogP contribution in [0.2, 0.25) is 0 Å². The molecule has 1 aromatic rings. The molecule has 6 rings (SSSR count). The van der Waals surface area contributed by atoms with Crippen LogP contribution in [0.15, 0.2) is 35.9 Å². The van der Waals surface area contributed by atoms with Gasteiger partial charge in [0, 0.05) is 42.6 Å². The Morgan fingerprint density at radius 2 is 1.81 bits per heavy atom. The fraction of sp³-hybridized carbons (Fsp3) is 0.654. The van der Waals surface area contributed by atoms with Crippen molar-refractivity contribution in [3.8, 4) is 0 Å². The molecule has 6 heteroatoms. The Labute approximate surface area is 188 Å². The molecule has 1 aromatic carbocycles. The number of likely N-dealkylation sites (N-methyl/N-ethyl adjacent to an activating group) is 1. The summed E-state index contributed by atoms with van der Waals surface area (Å²) in [5.41, 5.74) is 2.39. The lowest BCUT2D eigenvalue weighted by atomic mass is 9.48. The van der Waals surface area contributed by atoms with E-state index >= 15 is 0 Å². The monoisotopic (exact) mass is 436 g/mol. The molecule has 2 unspecified atom stereocenters. The average Bonchev–Trinajstić information content (AvgIpc) is 3.10. The number of nitrogens with zero attached hydrogens (tertiary/aromatic N) is 2. The molecule has 4 bridgehead atoms. The molecule has 4 fully saturated rings. The van der Waals surface area contributed by atoms with E-state index in [-0.39, 0.29) is 45.4 Å². The first-order chi connectivity index (χ1) is 15.2. The number of aliphatic hydroxyl groups is 1. The van der Waals surface area contributed by atoms with Crippen LogP contribution in [0.25, 0.3) is 0 Å². The first kappa shape index (κ1) is 20.4. The highest BCUT2D eigenvalue weighted by atomic mass is 16.6. The van der Waals surface area contributed by atoms with E-state index in [1.54, 1.807) is 12.1 Å². The molecule has 4 aliphatic carbocycles. The van der Waals surface area contributed by atoms with E-state index in [0.717, 1.165) is 37.7 Å². The standard InChI is InChI=1S/C26H32N2O4/c1-25-11-10-19-16(18(25)8-9-21(25)29)12-17-23(14-4-6-15(7-5-14)28(31)32)20-13-22(30)27(3)24(17)26(19,20)2/h4-7,13,16-19,21,23-24,29H,8-12H2,1-3H3/t16-,17?,18-,19-,21-,23?,24+,25-,26-/m0/s1. The second-order valence-electron chi connectivity index (χ2n) is 11.5. The van der Waals surface area contributed by atoms with Gasteiger partial charge in [-0.15, -0.1) is 0 Å². The minimum absolute atomic E-state index is 0.0162. The van der Waals surface area contributed by atoms with E-state index in [1.165, 1.54) is 5.57 Å². The number of hydrogen-bond donors (Lipinski definition) is 1. The van der Waals surface area contributed by atoms with Gasteiger partial charge in [-0.3, -0.25) is 14.9 Å². The predicted octanol–water partition coefficient (Wildman–Crippen LogP) is 4.29. The Morgan fingerprint density at radius 1 is 1.09 bits per heavy atom. The van der Waals surface area contributed by atoms with Gasteiger partial charge in [0.15, 0.2) is 0 Å². The molecule has 5 aliphatic rings. The van der Waals surface area contributed by atoms with Crippen LogP contribution in [0.1, 0.15) is 57.4 Å². The van der Waals surface area contributed by atoms with E-state index in [2.05, 4.69) is 13.8 Å². The van der Waals surface area contributed by atoms with Gasteiger partial charge in [-0.1, -0.05) is 26.0 Å². The van der Waals surface area contributed by atoms with Gasteiger partial charge in [-0.25, -0.2) is 0 Å². The number of benzene rings is 1. The summed E-state index contributed by atoms with van der Waals surface area (Å²) in [4.78, 5) is 25.7. The van der Waals surface area contributed by atoms with Gasteiger partial charge in [0.05, 0.1) is 11.0 Å². The lowest BCUT2D eigenvalue weighted by molar-refractivity contribution is -0.384. The fourth-order valence-electron chi connectivity index (χ4n) is 9.25. The Kier molecular flexibility index (Phi) is 4.10. The quantitative estimate of drug-likeness (QED) is 0.554. The van der Waals surface area contributed by atoms with Crippen molar-refractivity contribution in [3.05, 3.63) is 51.6 Å². The molecule has 0 saturated heterocycles. The molecule has 32 heavy (non-hydrogen) atoms. The zero-order valence-corrected chi connectivity index (χ0v) is 19.0. The number of carbonyl (C=O) groups is 1. The van der Waals surface area contributed by atoms with Crippen LogP contribution >= 0.6 is 0 Å². The van der Waals surface area contributed by atoms with Crippen LogP contribution in [0.3, 0.4) is 0 Å². The molecule has 170 valence electrons. The van der Waals surface area contributed by atoms with Crippen molar-refractivity contribution in [2.75, 3.05) is 7.05 Å². The van der Waals surface area contributed by atoms with Crippen LogP contribution in [0.4, 0.5) is 5.69 Å². The number of fused-ring (bicyclic) bond motifs is 3. The van der Waals surface area contributed by atoms with Crippen LogP contribution in [-0.4, -0.2) is 40.0 Å². The number of nitro groups is 1. The van der Waals surface area contributed by atoms with Gasteiger partial charge in [0.1, 0.15) is 0 Å². The third kappa shape index (κ3) is 2.32. The van der Waals surface area contributed by atoms with Gasteiger partial charge in [-0.2, -0.15) is 0 Å². The summed E-state index contributed by atoms with van der Waals surface area (Å²) in [6.45, 7) is 4.68. The molecular formula is C26H32N2O4. The number of non-ortho nitro benzene ring substituents is 1. The minimum atomic E-state index is -0.353. The summed E-state index contributed by atoms with van der Waals surface area (Å²) in [6, 6.07) is 7.19. The van der Waals surface area contributed by atoms with Crippen molar-refractivity contribution >= 4 is 11.6 Å². The highest BCUT2D eigenvalue weighted by Gasteiger charge is 2.69. The molecular weight excluding hydrogens is 404 g/mol. The summed E-state index contributed by atoms with van der Waals surface area (Å²) >= 11 is 0. The Morgan fingerprint density at radius 3 is 2.50 bits per heavy atom. The van der Waals surface area contributed by atoms with Crippen molar-refractivity contribution in [2.24, 2.45) is 34.5 Å². The summed E-state index contributed by atoms with van der Waals surface area (Å²) < 4.78 is 0. The van der Waals surface area contributed by atoms with Crippen molar-refractivity contribution in [1.82, 2.24) is 4.90 Å². The van der Waals surface area contributed by atoms with Gasteiger partial charge in [-0.05, 0) is 72.3 Å². The third-order valence-corrected chi connectivity index (χ3v) is 10.6. The molecule has 1 aliphatic heterocycles. The Hall–Kier alpha value is -2.21. The predicted molar refractivity (Wildman–Crippen MR) is 120 cm³/mol. The van der Waals surface area contributed by atoms with Gasteiger partial charge in [0.2, 0.25) is 5.91 Å². The second kappa shape index (κ2) is 6.43. The Bertz CT molecular complexity index is 1030. The zero-order chi connectivity index (χ0) is 22.6. The highest BCUT2D eigenvalue weighted by molar-refractivity contribution is 5.91. The molecule has 1 amide bonds. The number of hydrogen-bond acceptors (Lipinski definition) is 4. The van der Waals surface area contributed by atoms with Crippen molar-refractivity contribution in [2.45, 2.75) is 64.0 Å². The smallest absolute Gasteiger partial charge is 0.269 e. The summed E-state index contributed by atoms with van der Waals surface area (Å²) in [5, 5.41) is 22.0. The van der Waals surface area contributed by atoms with Gasteiger partial charge >= 0.3 is 0 Å². The minimum Gasteiger partial charge on any atom is -0.393 e. The summed E-state index contributed by atoms with van der Waals surface area (Å²) in [6.07, 6.45) is 6.91. The van der Waals surface area contributed by atoms with Crippen molar-refractivity contribution in [3.63, 3.8) is 0 Å². The number of amides is 1. The lowest BCUT2D eigenvalue weighted by Crippen LogP contribution is -2.60. The van der Waals surface area contributed by atoms with Crippen molar-refractivity contribution < 1.29 is 14.8 Å². The molecule has 9 atom stereocenters. The first-order valence-corrected chi connectivity index (χ1v) is 12.1. The first-order valence-electron chi connectivity index (χ1n) is 12.1. The van der Waals surface area contributed by atoms with E-state index in [0.29, 0.717) is 23.7 Å². The van der Waals surface area contributed by atoms with E-state index in [4.69, 9.17) is 0 Å². The second-order valence-corrected chi connectivity index (χ2v) is 11.5. The Balaban J connectivity index is 1.47. The molecule has 0 radical (unpaired) electrons. The SMILES string of the molecule is CN1C(=O)C=C2C(c3ccc([N+](=O)[O-])cc3)C3C[C@H]4[C@@H]5CC[C@H](O)[C@@]5(C)CC[C@@H]4[C@]2(C)[C@@H]31. The molecule has 4 saturated carbocycles. The number of rotatable bonds is 2. The van der Waals surface area contributed by atoms with E-state index in [1.807, 2.05) is 30.2 Å². The normalized spacial score (nSPS) is 46.5. The van der Waals surface area contributed by atoms with Gasteiger partial charge < -0.3 is 10.0 Å². The molecule has 1 heterocycles. The maximum absolute atomic E-state index is 12.9. The fourth-order valence-corrected chi connectivity index (χ4v) is 9.25. The largest absolute Gasteiger partial charge is 0.393 e. The lowest BCUT2D eigenvalue weighted by Gasteiger charge is -2.59. The highest BCUT2D eigenvalue weighted by Crippen LogP contribution is 2.72. The third-order valence-electron chi connectivity index (χ3n) is 10.6. The molecule has 0 aromatic heterocycles.